The molecule has 2 aromatic rings. The summed E-state index contributed by atoms with van der Waals surface area (Å²) in [6, 6.07) is 6.11. The highest BCUT2D eigenvalue weighted by atomic mass is 16.5. The molecule has 30 heavy (non-hydrogen) atoms. The number of benzene rings is 2. The van der Waals surface area contributed by atoms with Gasteiger partial charge in [-0.3, -0.25) is 4.79 Å². The molecule has 0 spiro atoms. The van der Waals surface area contributed by atoms with Crippen molar-refractivity contribution in [1.29, 1.82) is 0 Å². The van der Waals surface area contributed by atoms with Gasteiger partial charge in [0.2, 0.25) is 11.7 Å². The molecular formula is C21H23NO8. The standard InChI is InChI=1S/C21H23NO8/c1-28-17-10-13(11-18(29-2)20(17)26)5-7-19(25)22-14(21(27)30-3)8-12-4-6-15(23)16(24)9-12/h4-7,9-11,14,23-24,26H,8H2,1-3H3,(H,22,25)/b7-5+/t14-/m0/s1. The third-order valence-electron chi connectivity index (χ3n) is 4.21. The van der Waals surface area contributed by atoms with Crippen LogP contribution in [0.1, 0.15) is 11.1 Å². The number of aromatic hydroxyl groups is 3. The van der Waals surface area contributed by atoms with Crippen molar-refractivity contribution in [1.82, 2.24) is 5.32 Å². The molecule has 0 heterocycles. The number of hydrogen-bond acceptors (Lipinski definition) is 8. The minimum Gasteiger partial charge on any atom is -0.504 e. The maximum atomic E-state index is 12.3. The van der Waals surface area contributed by atoms with Crippen molar-refractivity contribution in [2.45, 2.75) is 12.5 Å². The number of carbonyl (C=O) groups is 2. The van der Waals surface area contributed by atoms with E-state index < -0.39 is 17.9 Å². The molecule has 160 valence electrons. The molecule has 0 saturated carbocycles. The quantitative estimate of drug-likeness (QED) is 0.290. The van der Waals surface area contributed by atoms with Crippen LogP contribution in [0.3, 0.4) is 0 Å². The summed E-state index contributed by atoms with van der Waals surface area (Å²) in [5.41, 5.74) is 1.03. The minimum absolute atomic E-state index is 0.0426. The first-order valence-electron chi connectivity index (χ1n) is 8.81. The summed E-state index contributed by atoms with van der Waals surface area (Å²) in [7, 11) is 3.97. The fourth-order valence-electron chi connectivity index (χ4n) is 2.67. The van der Waals surface area contributed by atoms with E-state index in [9.17, 15) is 24.9 Å². The Hall–Kier alpha value is -3.88. The van der Waals surface area contributed by atoms with E-state index >= 15 is 0 Å². The number of nitrogens with one attached hydrogen (secondary N) is 1. The molecule has 1 amide bonds. The summed E-state index contributed by atoms with van der Waals surface area (Å²) in [6.45, 7) is 0. The number of amides is 1. The highest BCUT2D eigenvalue weighted by Crippen LogP contribution is 2.37. The van der Waals surface area contributed by atoms with Gasteiger partial charge >= 0.3 is 5.97 Å². The molecule has 1 atom stereocenters. The molecule has 0 bridgehead atoms. The molecular weight excluding hydrogens is 394 g/mol. The average molecular weight is 417 g/mol. The fourth-order valence-corrected chi connectivity index (χ4v) is 2.67. The zero-order valence-electron chi connectivity index (χ0n) is 16.7. The van der Waals surface area contributed by atoms with Crippen LogP contribution in [-0.4, -0.2) is 54.6 Å². The normalized spacial score (nSPS) is 11.7. The molecule has 4 N–H and O–H groups in total. The maximum Gasteiger partial charge on any atom is 0.328 e. The second-order valence-corrected chi connectivity index (χ2v) is 6.22. The van der Waals surface area contributed by atoms with Crippen LogP contribution in [0.15, 0.2) is 36.4 Å². The summed E-state index contributed by atoms with van der Waals surface area (Å²) in [6.07, 6.45) is 2.71. The molecule has 0 aliphatic rings. The third kappa shape index (κ3) is 5.57. The van der Waals surface area contributed by atoms with E-state index in [-0.39, 0.29) is 35.2 Å². The molecule has 0 fully saturated rings. The van der Waals surface area contributed by atoms with E-state index in [1.807, 2.05) is 0 Å². The molecule has 0 radical (unpaired) electrons. The highest BCUT2D eigenvalue weighted by molar-refractivity contribution is 5.94. The molecule has 0 aliphatic carbocycles. The van der Waals surface area contributed by atoms with Gasteiger partial charge in [-0.25, -0.2) is 4.79 Å². The van der Waals surface area contributed by atoms with Crippen LogP contribution in [0.4, 0.5) is 0 Å². The number of carbonyl (C=O) groups excluding carboxylic acids is 2. The molecule has 0 aromatic heterocycles. The van der Waals surface area contributed by atoms with E-state index in [1.165, 1.54) is 63.8 Å². The third-order valence-corrected chi connectivity index (χ3v) is 4.21. The van der Waals surface area contributed by atoms with Crippen LogP contribution in [0.25, 0.3) is 6.08 Å². The zero-order valence-corrected chi connectivity index (χ0v) is 16.7. The lowest BCUT2D eigenvalue weighted by Gasteiger charge is -2.16. The Labute approximate surface area is 173 Å². The molecule has 9 nitrogen and oxygen atoms in total. The Kier molecular flexibility index (Phi) is 7.51. The van der Waals surface area contributed by atoms with Crippen molar-refractivity contribution in [3.8, 4) is 28.7 Å². The predicted molar refractivity (Wildman–Crippen MR) is 108 cm³/mol. The first-order valence-corrected chi connectivity index (χ1v) is 8.81. The number of esters is 1. The molecule has 0 aliphatic heterocycles. The van der Waals surface area contributed by atoms with E-state index in [2.05, 4.69) is 5.32 Å². The second-order valence-electron chi connectivity index (χ2n) is 6.22. The number of phenolic OH excluding ortho intramolecular Hbond substituents is 3. The highest BCUT2D eigenvalue weighted by Gasteiger charge is 2.21. The van der Waals surface area contributed by atoms with Gasteiger partial charge in [-0.1, -0.05) is 6.07 Å². The average Bonchev–Trinajstić information content (AvgIpc) is 2.74. The lowest BCUT2D eigenvalue weighted by Crippen LogP contribution is -2.42. The van der Waals surface area contributed by atoms with Gasteiger partial charge in [-0.05, 0) is 41.5 Å². The topological polar surface area (TPSA) is 135 Å². The van der Waals surface area contributed by atoms with E-state index in [4.69, 9.17) is 14.2 Å². The van der Waals surface area contributed by atoms with E-state index in [0.717, 1.165) is 0 Å². The van der Waals surface area contributed by atoms with Gasteiger partial charge in [-0.15, -0.1) is 0 Å². The van der Waals surface area contributed by atoms with Gasteiger partial charge < -0.3 is 34.8 Å². The van der Waals surface area contributed by atoms with Gasteiger partial charge in [0.15, 0.2) is 23.0 Å². The van der Waals surface area contributed by atoms with Gasteiger partial charge in [0.25, 0.3) is 0 Å². The van der Waals surface area contributed by atoms with Gasteiger partial charge in [0, 0.05) is 12.5 Å². The second kappa shape index (κ2) is 10.1. The number of methoxy groups -OCH3 is 3. The Morgan fingerprint density at radius 3 is 2.17 bits per heavy atom. The summed E-state index contributed by atoms with van der Waals surface area (Å²) in [5.74, 6) is -1.68. The van der Waals surface area contributed by atoms with Crippen molar-refractivity contribution in [2.24, 2.45) is 0 Å². The fraction of sp³-hybridized carbons (Fsp3) is 0.238. The SMILES string of the molecule is COC(=O)[C@H](Cc1ccc(O)c(O)c1)NC(=O)/C=C/c1cc(OC)c(O)c(OC)c1. The lowest BCUT2D eigenvalue weighted by atomic mass is 10.1. The Morgan fingerprint density at radius 1 is 1.00 bits per heavy atom. The van der Waals surface area contributed by atoms with Crippen molar-refractivity contribution in [2.75, 3.05) is 21.3 Å². The van der Waals surface area contributed by atoms with Gasteiger partial charge in [-0.2, -0.15) is 0 Å². The lowest BCUT2D eigenvalue weighted by molar-refractivity contribution is -0.144. The van der Waals surface area contributed by atoms with Crippen molar-refractivity contribution >= 4 is 18.0 Å². The minimum atomic E-state index is -1.01. The maximum absolute atomic E-state index is 12.3. The summed E-state index contributed by atoms with van der Waals surface area (Å²) < 4.78 is 14.9. The van der Waals surface area contributed by atoms with Crippen molar-refractivity contribution < 1.29 is 39.1 Å². The number of rotatable bonds is 8. The number of hydrogen-bond donors (Lipinski definition) is 4. The number of ether oxygens (including phenoxy) is 3. The molecule has 9 heteroatoms. The first-order chi connectivity index (χ1) is 14.3. The van der Waals surface area contributed by atoms with Crippen LogP contribution < -0.4 is 14.8 Å². The van der Waals surface area contributed by atoms with Crippen LogP contribution in [0.2, 0.25) is 0 Å². The van der Waals surface area contributed by atoms with Crippen LogP contribution >= 0.6 is 0 Å². The molecule has 2 aromatic carbocycles. The van der Waals surface area contributed by atoms with Crippen LogP contribution in [0, 0.1) is 0 Å². The van der Waals surface area contributed by atoms with Crippen LogP contribution in [0.5, 0.6) is 28.7 Å². The van der Waals surface area contributed by atoms with E-state index in [1.54, 1.807) is 0 Å². The van der Waals surface area contributed by atoms with Crippen LogP contribution in [-0.2, 0) is 20.7 Å². The zero-order chi connectivity index (χ0) is 22.3. The smallest absolute Gasteiger partial charge is 0.328 e. The summed E-state index contributed by atoms with van der Waals surface area (Å²) in [4.78, 5) is 24.4. The number of phenols is 3. The molecule has 2 rings (SSSR count). The van der Waals surface area contributed by atoms with Gasteiger partial charge in [0.05, 0.1) is 21.3 Å². The largest absolute Gasteiger partial charge is 0.504 e. The van der Waals surface area contributed by atoms with E-state index in [0.29, 0.717) is 11.1 Å². The monoisotopic (exact) mass is 417 g/mol. The molecule has 0 saturated heterocycles. The first kappa shape index (κ1) is 22.4. The Bertz CT molecular complexity index is 929. The van der Waals surface area contributed by atoms with Gasteiger partial charge in [0.1, 0.15) is 6.04 Å². The Balaban J connectivity index is 2.16. The summed E-state index contributed by atoms with van der Waals surface area (Å²) in [5, 5.41) is 31.5. The van der Waals surface area contributed by atoms with Crippen molar-refractivity contribution in [3.63, 3.8) is 0 Å². The summed E-state index contributed by atoms with van der Waals surface area (Å²) >= 11 is 0. The predicted octanol–water partition coefficient (Wildman–Crippen LogP) is 1.73. The van der Waals surface area contributed by atoms with Crippen molar-refractivity contribution in [3.05, 3.63) is 47.5 Å². The Morgan fingerprint density at radius 2 is 1.63 bits per heavy atom. The molecule has 0 unspecified atom stereocenters.